The first kappa shape index (κ1) is 22.2. The van der Waals surface area contributed by atoms with Crippen LogP contribution in [0.15, 0.2) is 127 Å². The summed E-state index contributed by atoms with van der Waals surface area (Å²) in [4.78, 5) is 0. The fraction of sp³-hybridized carbons (Fsp3) is 0.105. The Morgan fingerprint density at radius 2 is 1.10 bits per heavy atom. The first-order valence-corrected chi connectivity index (χ1v) is 14.2. The third-order valence-electron chi connectivity index (χ3n) is 9.03. The van der Waals surface area contributed by atoms with E-state index >= 15 is 0 Å². The fourth-order valence-electron chi connectivity index (χ4n) is 7.28. The second kappa shape index (κ2) is 8.42. The minimum atomic E-state index is 0.0121. The van der Waals surface area contributed by atoms with Crippen molar-refractivity contribution in [2.45, 2.75) is 25.2 Å². The highest BCUT2D eigenvalue weighted by Gasteiger charge is 2.31. The number of hydrogen-bond acceptors (Lipinski definition) is 1. The zero-order valence-electron chi connectivity index (χ0n) is 22.0. The van der Waals surface area contributed by atoms with Crippen molar-refractivity contribution in [1.82, 2.24) is 4.57 Å². The van der Waals surface area contributed by atoms with Gasteiger partial charge in [-0.2, -0.15) is 0 Å². The highest BCUT2D eigenvalue weighted by atomic mass is 16.5. The Morgan fingerprint density at radius 1 is 0.500 bits per heavy atom. The van der Waals surface area contributed by atoms with Gasteiger partial charge in [0.2, 0.25) is 0 Å². The van der Waals surface area contributed by atoms with Crippen LogP contribution in [0, 0.1) is 0 Å². The molecule has 0 N–H and O–H groups in total. The Balaban J connectivity index is 1.19. The molecule has 0 saturated carbocycles. The summed E-state index contributed by atoms with van der Waals surface area (Å²) in [6.45, 7) is 0. The van der Waals surface area contributed by atoms with Crippen molar-refractivity contribution in [3.63, 3.8) is 0 Å². The first-order chi connectivity index (χ1) is 19.8. The van der Waals surface area contributed by atoms with Crippen molar-refractivity contribution in [1.29, 1.82) is 0 Å². The molecule has 2 heteroatoms. The summed E-state index contributed by atoms with van der Waals surface area (Å²) in [6, 6.07) is 46.5. The van der Waals surface area contributed by atoms with E-state index in [-0.39, 0.29) is 12.3 Å². The third kappa shape index (κ3) is 3.08. The second-order valence-corrected chi connectivity index (χ2v) is 11.1. The number of para-hydroxylation sites is 2. The predicted octanol–water partition coefficient (Wildman–Crippen LogP) is 10.4. The van der Waals surface area contributed by atoms with E-state index in [0.29, 0.717) is 0 Å². The molecular weight excluding hydrogens is 486 g/mol. The molecule has 1 aliphatic heterocycles. The monoisotopic (exact) mass is 513 g/mol. The highest BCUT2D eigenvalue weighted by molar-refractivity contribution is 6.26. The van der Waals surface area contributed by atoms with Crippen LogP contribution >= 0.6 is 0 Å². The molecule has 0 amide bonds. The Bertz CT molecular complexity index is 2150. The maximum absolute atomic E-state index is 6.95. The lowest BCUT2D eigenvalue weighted by molar-refractivity contribution is 0.00685. The number of rotatable bonds is 3. The van der Waals surface area contributed by atoms with Gasteiger partial charge in [-0.15, -0.1) is 0 Å². The fourth-order valence-corrected chi connectivity index (χ4v) is 7.28. The van der Waals surface area contributed by atoms with Crippen LogP contribution in [0.5, 0.6) is 0 Å². The standard InChI is InChI=1S/C38H27NO/c1-2-8-24(9-3-1)27-18-14-25-17-21-32-30(19-15-26-16-20-31(27)37(25)38(26)32)35-22-23-36(40-35)39-33-12-6-4-10-28(33)29-11-5-7-13-34(29)39/h1-21,35-36H,22-23H2. The molecule has 2 heterocycles. The van der Waals surface area contributed by atoms with Gasteiger partial charge in [0.1, 0.15) is 6.23 Å². The second-order valence-electron chi connectivity index (χ2n) is 11.1. The molecule has 1 aliphatic rings. The van der Waals surface area contributed by atoms with E-state index in [1.807, 2.05) is 0 Å². The molecule has 0 spiro atoms. The molecule has 40 heavy (non-hydrogen) atoms. The molecule has 0 radical (unpaired) electrons. The first-order valence-electron chi connectivity index (χ1n) is 14.2. The van der Waals surface area contributed by atoms with Crippen LogP contribution in [-0.2, 0) is 4.74 Å². The van der Waals surface area contributed by atoms with Crippen LogP contribution in [0.25, 0.3) is 65.3 Å². The molecule has 2 nitrogen and oxygen atoms in total. The summed E-state index contributed by atoms with van der Waals surface area (Å²) >= 11 is 0. The quantitative estimate of drug-likeness (QED) is 0.214. The number of aromatic nitrogens is 1. The van der Waals surface area contributed by atoms with E-state index in [4.69, 9.17) is 4.74 Å². The van der Waals surface area contributed by atoms with Crippen molar-refractivity contribution < 1.29 is 4.74 Å². The van der Waals surface area contributed by atoms with Gasteiger partial charge in [0.15, 0.2) is 0 Å². The predicted molar refractivity (Wildman–Crippen MR) is 167 cm³/mol. The molecule has 7 aromatic carbocycles. The minimum absolute atomic E-state index is 0.0121. The van der Waals surface area contributed by atoms with E-state index in [1.165, 1.54) is 70.8 Å². The normalized spacial score (nSPS) is 17.7. The van der Waals surface area contributed by atoms with Gasteiger partial charge < -0.3 is 9.30 Å². The average molecular weight is 514 g/mol. The molecular formula is C38H27NO. The number of benzene rings is 7. The summed E-state index contributed by atoms with van der Waals surface area (Å²) in [5.74, 6) is 0. The molecule has 190 valence electrons. The van der Waals surface area contributed by atoms with Crippen LogP contribution in [0.2, 0.25) is 0 Å². The zero-order chi connectivity index (χ0) is 26.2. The highest BCUT2D eigenvalue weighted by Crippen LogP contribution is 2.46. The molecule has 0 aliphatic carbocycles. The Kier molecular flexibility index (Phi) is 4.67. The van der Waals surface area contributed by atoms with E-state index < -0.39 is 0 Å². The molecule has 2 atom stereocenters. The minimum Gasteiger partial charge on any atom is -0.350 e. The summed E-state index contributed by atoms with van der Waals surface area (Å²) in [6.07, 6.45) is 2.07. The molecule has 9 rings (SSSR count). The molecule has 1 fully saturated rings. The molecule has 8 aromatic rings. The average Bonchev–Trinajstić information content (AvgIpc) is 3.63. The Morgan fingerprint density at radius 3 is 1.85 bits per heavy atom. The van der Waals surface area contributed by atoms with Crippen LogP contribution < -0.4 is 0 Å². The lowest BCUT2D eigenvalue weighted by atomic mass is 9.87. The van der Waals surface area contributed by atoms with Gasteiger partial charge >= 0.3 is 0 Å². The van der Waals surface area contributed by atoms with Gasteiger partial charge in [-0.05, 0) is 74.0 Å². The van der Waals surface area contributed by atoms with E-state index in [2.05, 4.69) is 132 Å². The molecule has 2 unspecified atom stereocenters. The van der Waals surface area contributed by atoms with Gasteiger partial charge in [-0.1, -0.05) is 115 Å². The van der Waals surface area contributed by atoms with Gasteiger partial charge in [0.05, 0.1) is 17.1 Å². The van der Waals surface area contributed by atoms with Crippen LogP contribution in [0.3, 0.4) is 0 Å². The zero-order valence-corrected chi connectivity index (χ0v) is 22.0. The van der Waals surface area contributed by atoms with Crippen LogP contribution in [0.1, 0.15) is 30.7 Å². The molecule has 1 saturated heterocycles. The molecule has 1 aromatic heterocycles. The lowest BCUT2D eigenvalue weighted by Crippen LogP contribution is -2.08. The van der Waals surface area contributed by atoms with Crippen molar-refractivity contribution in [3.8, 4) is 11.1 Å². The SMILES string of the molecule is c1ccc(-c2ccc3ccc4c(C5CCC(n6c7ccccc7c7ccccc76)O5)ccc5ccc2c3c54)cc1. The summed E-state index contributed by atoms with van der Waals surface area (Å²) in [5, 5.41) is 10.5. The van der Waals surface area contributed by atoms with Crippen molar-refractivity contribution in [2.24, 2.45) is 0 Å². The Hall–Kier alpha value is -4.66. The number of hydrogen-bond donors (Lipinski definition) is 0. The summed E-state index contributed by atoms with van der Waals surface area (Å²) in [7, 11) is 0. The maximum atomic E-state index is 6.95. The van der Waals surface area contributed by atoms with Gasteiger partial charge in [0.25, 0.3) is 0 Å². The van der Waals surface area contributed by atoms with Crippen molar-refractivity contribution in [2.75, 3.05) is 0 Å². The van der Waals surface area contributed by atoms with Gasteiger partial charge in [0, 0.05) is 10.8 Å². The van der Waals surface area contributed by atoms with Crippen molar-refractivity contribution in [3.05, 3.63) is 133 Å². The lowest BCUT2D eigenvalue weighted by Gasteiger charge is -2.21. The smallest absolute Gasteiger partial charge is 0.135 e. The van der Waals surface area contributed by atoms with Gasteiger partial charge in [-0.25, -0.2) is 0 Å². The van der Waals surface area contributed by atoms with E-state index in [9.17, 15) is 0 Å². The maximum Gasteiger partial charge on any atom is 0.135 e. The topological polar surface area (TPSA) is 14.2 Å². The van der Waals surface area contributed by atoms with Gasteiger partial charge in [-0.3, -0.25) is 0 Å². The summed E-state index contributed by atoms with van der Waals surface area (Å²) in [5.41, 5.74) is 6.34. The number of ether oxygens (including phenoxy) is 1. The number of nitrogens with zero attached hydrogens (tertiary/aromatic N) is 1. The Labute approximate surface area is 232 Å². The molecule has 0 bridgehead atoms. The van der Waals surface area contributed by atoms with E-state index in [0.717, 1.165) is 12.8 Å². The van der Waals surface area contributed by atoms with E-state index in [1.54, 1.807) is 0 Å². The largest absolute Gasteiger partial charge is 0.350 e. The number of fused-ring (bicyclic) bond motifs is 3. The van der Waals surface area contributed by atoms with Crippen LogP contribution in [-0.4, -0.2) is 4.57 Å². The third-order valence-corrected chi connectivity index (χ3v) is 9.03. The van der Waals surface area contributed by atoms with Crippen molar-refractivity contribution >= 4 is 54.1 Å². The summed E-state index contributed by atoms with van der Waals surface area (Å²) < 4.78 is 9.38. The van der Waals surface area contributed by atoms with Crippen LogP contribution in [0.4, 0.5) is 0 Å².